The van der Waals surface area contributed by atoms with Crippen molar-refractivity contribution in [3.8, 4) is 0 Å². The van der Waals surface area contributed by atoms with Crippen LogP contribution < -0.4 is 0 Å². The van der Waals surface area contributed by atoms with E-state index in [2.05, 4.69) is 68.3 Å². The van der Waals surface area contributed by atoms with Crippen LogP contribution in [0.15, 0.2) is 0 Å². The summed E-state index contributed by atoms with van der Waals surface area (Å²) in [4.78, 5) is 0. The summed E-state index contributed by atoms with van der Waals surface area (Å²) in [5.74, 6) is 0. The molecule has 1 aliphatic rings. The first-order chi connectivity index (χ1) is 9.20. The van der Waals surface area contributed by atoms with Crippen LogP contribution in [-0.4, -0.2) is 52.9 Å². The van der Waals surface area contributed by atoms with Crippen molar-refractivity contribution in [1.29, 1.82) is 0 Å². The van der Waals surface area contributed by atoms with Crippen LogP contribution in [-0.2, 0) is 10.1 Å². The minimum Gasteiger partial charge on any atom is -0.741 e. The summed E-state index contributed by atoms with van der Waals surface area (Å²) in [5.41, 5.74) is -5.65. The third kappa shape index (κ3) is 8.01. The molecule has 3 nitrogen and oxygen atoms in total. The molecule has 0 bridgehead atoms. The number of rotatable bonds is 2. The Kier molecular flexibility index (Phi) is 8.80. The number of thioether (sulfide) groups is 2. The third-order valence-electron chi connectivity index (χ3n) is 2.62. The van der Waals surface area contributed by atoms with Crippen molar-refractivity contribution in [2.24, 2.45) is 0 Å². The number of hydrogen-bond donors (Lipinski definition) is 0. The number of alkyl halides is 3. The predicted octanol–water partition coefficient (Wildman–Crippen LogP) is 4.52. The summed E-state index contributed by atoms with van der Waals surface area (Å²) < 4.78 is 59.8. The van der Waals surface area contributed by atoms with E-state index in [-0.39, 0.29) is 0 Å². The molecular formula is C10H20F3O3PS4. The molecule has 0 radical (unpaired) electrons. The summed E-state index contributed by atoms with van der Waals surface area (Å²) >= 11 is 6.53. The molecule has 0 aliphatic carbocycles. The van der Waals surface area contributed by atoms with Gasteiger partial charge >= 0.3 is 5.51 Å². The topological polar surface area (TPSA) is 57.2 Å². The van der Waals surface area contributed by atoms with Crippen molar-refractivity contribution in [3.63, 3.8) is 0 Å². The van der Waals surface area contributed by atoms with Crippen molar-refractivity contribution in [2.75, 3.05) is 19.6 Å². The highest BCUT2D eigenvalue weighted by atomic mass is 32.7. The van der Waals surface area contributed by atoms with Crippen LogP contribution in [0.4, 0.5) is 13.2 Å². The average molecular weight is 405 g/mol. The van der Waals surface area contributed by atoms with Crippen molar-refractivity contribution < 1.29 is 26.1 Å². The first-order valence-electron chi connectivity index (χ1n) is 5.93. The van der Waals surface area contributed by atoms with Gasteiger partial charge in [0.25, 0.3) is 0 Å². The number of halogens is 3. The molecule has 1 saturated heterocycles. The highest BCUT2D eigenvalue weighted by Crippen LogP contribution is 2.74. The lowest BCUT2D eigenvalue weighted by Crippen LogP contribution is -2.21. The molecule has 1 rings (SSSR count). The van der Waals surface area contributed by atoms with E-state index in [1.54, 1.807) is 0 Å². The van der Waals surface area contributed by atoms with Gasteiger partial charge in [0, 0.05) is 28.1 Å². The Morgan fingerprint density at radius 3 is 1.76 bits per heavy atom. The van der Waals surface area contributed by atoms with E-state index in [1.165, 1.54) is 6.42 Å². The maximum atomic E-state index is 10.7. The Hall–Kier alpha value is 1.18. The normalized spacial score (nSPS) is 27.8. The molecule has 1 unspecified atom stereocenters. The molecule has 0 aromatic heterocycles. The van der Waals surface area contributed by atoms with Gasteiger partial charge in [-0.2, -0.15) is 13.2 Å². The van der Waals surface area contributed by atoms with E-state index < -0.39 is 22.1 Å². The fourth-order valence-corrected chi connectivity index (χ4v) is 11.2. The average Bonchev–Trinajstić information content (AvgIpc) is 2.25. The van der Waals surface area contributed by atoms with Crippen LogP contribution in [0.5, 0.6) is 0 Å². The van der Waals surface area contributed by atoms with Gasteiger partial charge in [0.1, 0.15) is 0 Å². The van der Waals surface area contributed by atoms with Crippen molar-refractivity contribution >= 4 is 51.5 Å². The van der Waals surface area contributed by atoms with E-state index in [9.17, 15) is 13.2 Å². The van der Waals surface area contributed by atoms with Crippen molar-refractivity contribution in [3.05, 3.63) is 0 Å². The monoisotopic (exact) mass is 404 g/mol. The molecule has 0 aromatic carbocycles. The van der Waals surface area contributed by atoms with Gasteiger partial charge in [-0.3, -0.25) is 0 Å². The number of hydrogen-bond acceptors (Lipinski definition) is 6. The Labute approximate surface area is 137 Å². The molecule has 0 aromatic rings. The van der Waals surface area contributed by atoms with Gasteiger partial charge in [-0.25, -0.2) is 8.42 Å². The molecule has 1 heterocycles. The van der Waals surface area contributed by atoms with Gasteiger partial charge in [-0.1, -0.05) is 13.8 Å². The highest BCUT2D eigenvalue weighted by molar-refractivity contribution is 8.66. The summed E-state index contributed by atoms with van der Waals surface area (Å²) in [7, 11) is -6.09. The molecule has 11 heteroatoms. The SMILES string of the molecule is CS[P+](C)(C)C1S[C@H](C)C[C@H](C)S1.O=S(=O)([O-])C(F)(F)F. The first-order valence-corrected chi connectivity index (χ1v) is 13.8. The summed E-state index contributed by atoms with van der Waals surface area (Å²) in [5, 5.41) is 1.74. The summed E-state index contributed by atoms with van der Waals surface area (Å²) in [6, 6.07) is 0. The molecule has 0 N–H and O–H groups in total. The molecular weight excluding hydrogens is 384 g/mol. The minimum atomic E-state index is -6.09. The van der Waals surface area contributed by atoms with Gasteiger partial charge < -0.3 is 4.55 Å². The van der Waals surface area contributed by atoms with Gasteiger partial charge in [0.05, 0.1) is 19.8 Å². The van der Waals surface area contributed by atoms with Gasteiger partial charge in [0.2, 0.25) is 0 Å². The van der Waals surface area contributed by atoms with Crippen LogP contribution in [0.1, 0.15) is 20.3 Å². The zero-order valence-electron chi connectivity index (χ0n) is 12.4. The molecule has 3 atom stereocenters. The molecule has 1 fully saturated rings. The second-order valence-electron chi connectivity index (χ2n) is 4.95. The van der Waals surface area contributed by atoms with Gasteiger partial charge in [-0.15, -0.1) is 23.5 Å². The molecule has 0 amide bonds. The standard InChI is InChI=1S/C9H20PS3.CHF3O3S/c1-7-6-8(2)13-9(12-7)10(3,4)11-5;2-1(3,4)8(5,6)7/h7-9H,6H2,1-5H3;(H,5,6,7)/q+1;/p-1/t7-,8+,9?;. The lowest BCUT2D eigenvalue weighted by molar-refractivity contribution is -0.0517. The second kappa shape index (κ2) is 8.33. The summed E-state index contributed by atoms with van der Waals surface area (Å²) in [6.45, 7) is 8.99. The van der Waals surface area contributed by atoms with Crippen LogP contribution in [0.25, 0.3) is 0 Å². The third-order valence-corrected chi connectivity index (χ3v) is 15.7. The predicted molar refractivity (Wildman–Crippen MR) is 90.5 cm³/mol. The van der Waals surface area contributed by atoms with Gasteiger partial charge in [0.15, 0.2) is 14.4 Å². The zero-order chi connectivity index (χ0) is 17.1. The van der Waals surface area contributed by atoms with Crippen LogP contribution in [0.2, 0.25) is 0 Å². The summed E-state index contributed by atoms with van der Waals surface area (Å²) in [6.07, 6.45) is 3.67. The maximum Gasteiger partial charge on any atom is 0.485 e. The minimum absolute atomic E-state index is 0.731. The Morgan fingerprint density at radius 2 is 1.52 bits per heavy atom. The fourth-order valence-electron chi connectivity index (χ4n) is 1.39. The largest absolute Gasteiger partial charge is 0.741 e. The Balaban J connectivity index is 0.000000433. The Morgan fingerprint density at radius 1 is 1.19 bits per heavy atom. The lowest BCUT2D eigenvalue weighted by Gasteiger charge is -2.33. The molecule has 128 valence electrons. The highest BCUT2D eigenvalue weighted by Gasteiger charge is 2.42. The van der Waals surface area contributed by atoms with Crippen molar-refractivity contribution in [2.45, 2.75) is 40.6 Å². The van der Waals surface area contributed by atoms with Crippen LogP contribution in [0, 0.1) is 0 Å². The lowest BCUT2D eigenvalue weighted by atomic mass is 10.3. The Bertz CT molecular complexity index is 418. The van der Waals surface area contributed by atoms with Gasteiger partial charge in [-0.05, 0) is 6.42 Å². The molecule has 0 spiro atoms. The smallest absolute Gasteiger partial charge is 0.485 e. The van der Waals surface area contributed by atoms with E-state index in [1.807, 2.05) is 0 Å². The van der Waals surface area contributed by atoms with Crippen LogP contribution >= 0.6 is 41.4 Å². The quantitative estimate of drug-likeness (QED) is 0.383. The van der Waals surface area contributed by atoms with Crippen LogP contribution in [0.3, 0.4) is 0 Å². The molecule has 21 heavy (non-hydrogen) atoms. The van der Waals surface area contributed by atoms with E-state index >= 15 is 0 Å². The van der Waals surface area contributed by atoms with E-state index in [4.69, 9.17) is 13.0 Å². The van der Waals surface area contributed by atoms with E-state index in [0.717, 1.165) is 14.8 Å². The fraction of sp³-hybridized carbons (Fsp3) is 1.00. The second-order valence-corrected chi connectivity index (χ2v) is 18.1. The maximum absolute atomic E-state index is 10.7. The molecule has 0 saturated carbocycles. The van der Waals surface area contributed by atoms with E-state index in [0.29, 0.717) is 0 Å². The first kappa shape index (κ1) is 22.2. The zero-order valence-corrected chi connectivity index (χ0v) is 16.5. The van der Waals surface area contributed by atoms with Crippen molar-refractivity contribution in [1.82, 2.24) is 0 Å². The molecule has 1 aliphatic heterocycles.